The zero-order valence-corrected chi connectivity index (χ0v) is 12.6. The lowest BCUT2D eigenvalue weighted by molar-refractivity contribution is 0.102. The van der Waals surface area contributed by atoms with E-state index in [-0.39, 0.29) is 11.5 Å². The van der Waals surface area contributed by atoms with Gasteiger partial charge in [0.1, 0.15) is 0 Å². The molecule has 1 atom stereocenters. The molecule has 0 radical (unpaired) electrons. The van der Waals surface area contributed by atoms with Gasteiger partial charge in [-0.15, -0.1) is 0 Å². The Bertz CT molecular complexity index is 647. The van der Waals surface area contributed by atoms with Crippen molar-refractivity contribution >= 4 is 16.6 Å². The van der Waals surface area contributed by atoms with Crippen LogP contribution in [0.3, 0.4) is 0 Å². The Kier molecular flexibility index (Phi) is 4.85. The van der Waals surface area contributed by atoms with Gasteiger partial charge in [-0.05, 0) is 25.5 Å². The monoisotopic (exact) mass is 286 g/mol. The third-order valence-electron chi connectivity index (χ3n) is 3.04. The molecule has 0 aliphatic heterocycles. The second kappa shape index (κ2) is 6.62. The number of carbonyl (C=O) groups is 1. The van der Waals surface area contributed by atoms with Crippen LogP contribution in [0.1, 0.15) is 27.0 Å². The molecule has 0 N–H and O–H groups in total. The molecule has 0 aliphatic carbocycles. The molecule has 20 heavy (non-hydrogen) atoms. The molecular weight excluding hydrogens is 268 g/mol. The molecule has 1 unspecified atom stereocenters. The van der Waals surface area contributed by atoms with E-state index in [0.717, 1.165) is 16.7 Å². The molecule has 2 rings (SSSR count). The van der Waals surface area contributed by atoms with Gasteiger partial charge in [0, 0.05) is 22.1 Å². The first-order chi connectivity index (χ1) is 9.54. The Morgan fingerprint density at radius 2 is 1.65 bits per heavy atom. The average Bonchev–Trinajstić information content (AvgIpc) is 2.38. The van der Waals surface area contributed by atoms with Gasteiger partial charge in [-0.25, -0.2) is 0 Å². The van der Waals surface area contributed by atoms with Crippen LogP contribution in [0.4, 0.5) is 0 Å². The van der Waals surface area contributed by atoms with Gasteiger partial charge in [0.15, 0.2) is 5.78 Å². The largest absolute Gasteiger partial charge is 0.293 e. The molecule has 0 aliphatic rings. The summed E-state index contributed by atoms with van der Waals surface area (Å²) in [7, 11) is -1.17. The van der Waals surface area contributed by atoms with Crippen LogP contribution < -0.4 is 0 Å². The summed E-state index contributed by atoms with van der Waals surface area (Å²) in [4.78, 5) is 12.1. The highest BCUT2D eigenvalue weighted by Crippen LogP contribution is 2.09. The van der Waals surface area contributed by atoms with E-state index in [1.165, 1.54) is 0 Å². The Morgan fingerprint density at radius 1 is 1.00 bits per heavy atom. The molecule has 0 fully saturated rings. The van der Waals surface area contributed by atoms with Crippen molar-refractivity contribution in [1.29, 1.82) is 0 Å². The molecule has 2 aromatic rings. The van der Waals surface area contributed by atoms with Gasteiger partial charge in [-0.1, -0.05) is 53.6 Å². The normalized spacial score (nSPS) is 12.1. The van der Waals surface area contributed by atoms with Crippen molar-refractivity contribution in [2.24, 2.45) is 0 Å². The predicted molar refractivity (Wildman–Crippen MR) is 83.4 cm³/mol. The Morgan fingerprint density at radius 3 is 2.30 bits per heavy atom. The number of aryl methyl sites for hydroxylation is 2. The maximum atomic E-state index is 12.1. The highest BCUT2D eigenvalue weighted by molar-refractivity contribution is 7.85. The van der Waals surface area contributed by atoms with E-state index in [2.05, 4.69) is 0 Å². The Balaban J connectivity index is 1.99. The molecular formula is C17H18O2S. The van der Waals surface area contributed by atoms with Crippen molar-refractivity contribution < 1.29 is 9.00 Å². The fourth-order valence-electron chi connectivity index (χ4n) is 2.09. The van der Waals surface area contributed by atoms with Gasteiger partial charge < -0.3 is 0 Å². The summed E-state index contributed by atoms with van der Waals surface area (Å²) in [5.41, 5.74) is 3.84. The fourth-order valence-corrected chi connectivity index (χ4v) is 3.20. The van der Waals surface area contributed by atoms with Crippen molar-refractivity contribution in [3.63, 3.8) is 0 Å². The molecule has 0 spiro atoms. The number of benzene rings is 2. The molecule has 2 aromatic carbocycles. The van der Waals surface area contributed by atoms with Crippen LogP contribution in [-0.2, 0) is 16.6 Å². The van der Waals surface area contributed by atoms with Gasteiger partial charge in [0.25, 0.3) is 0 Å². The van der Waals surface area contributed by atoms with Gasteiger partial charge >= 0.3 is 0 Å². The molecule has 0 aromatic heterocycles. The summed E-state index contributed by atoms with van der Waals surface area (Å²) in [6.07, 6.45) is 0. The second-order valence-electron chi connectivity index (χ2n) is 5.01. The Hall–Kier alpha value is -1.74. The van der Waals surface area contributed by atoms with Crippen molar-refractivity contribution in [1.82, 2.24) is 0 Å². The van der Waals surface area contributed by atoms with E-state index in [1.54, 1.807) is 6.07 Å². The van der Waals surface area contributed by atoms with Crippen LogP contribution in [0.2, 0.25) is 0 Å². The van der Waals surface area contributed by atoms with Crippen molar-refractivity contribution in [3.8, 4) is 0 Å². The maximum absolute atomic E-state index is 12.1. The van der Waals surface area contributed by atoms with E-state index in [1.807, 2.05) is 56.3 Å². The summed E-state index contributed by atoms with van der Waals surface area (Å²) in [5.74, 6) is 0.455. The molecule has 2 nitrogen and oxygen atoms in total. The number of Topliss-reactive ketones (excluding diaryl/α,β-unsaturated/α-hetero) is 1. The molecule has 0 saturated carbocycles. The maximum Gasteiger partial charge on any atom is 0.175 e. The first-order valence-electron chi connectivity index (χ1n) is 6.55. The predicted octanol–water partition coefficient (Wildman–Crippen LogP) is 3.44. The Labute approximate surface area is 122 Å². The highest BCUT2D eigenvalue weighted by Gasteiger charge is 2.11. The standard InChI is InChI=1S/C17H18O2S/c1-13-5-3-7-15(9-13)11-20(19)12-17(18)16-8-4-6-14(2)10-16/h3-10H,11-12H2,1-2H3. The van der Waals surface area contributed by atoms with Gasteiger partial charge in [0.2, 0.25) is 0 Å². The minimum atomic E-state index is -1.17. The zero-order chi connectivity index (χ0) is 14.5. The molecule has 104 valence electrons. The summed E-state index contributed by atoms with van der Waals surface area (Å²) < 4.78 is 12.1. The quantitative estimate of drug-likeness (QED) is 0.789. The number of hydrogen-bond acceptors (Lipinski definition) is 2. The molecule has 0 bridgehead atoms. The fraction of sp³-hybridized carbons (Fsp3) is 0.235. The lowest BCUT2D eigenvalue weighted by atomic mass is 10.1. The molecule has 0 amide bonds. The van der Waals surface area contributed by atoms with Gasteiger partial charge in [-0.2, -0.15) is 0 Å². The average molecular weight is 286 g/mol. The smallest absolute Gasteiger partial charge is 0.175 e. The van der Waals surface area contributed by atoms with Crippen LogP contribution in [0.5, 0.6) is 0 Å². The van der Waals surface area contributed by atoms with E-state index < -0.39 is 10.8 Å². The number of rotatable bonds is 5. The van der Waals surface area contributed by atoms with Gasteiger partial charge in [0.05, 0.1) is 5.75 Å². The summed E-state index contributed by atoms with van der Waals surface area (Å²) in [5, 5.41) is 0. The lowest BCUT2D eigenvalue weighted by Crippen LogP contribution is -2.12. The van der Waals surface area contributed by atoms with Crippen LogP contribution in [-0.4, -0.2) is 15.7 Å². The molecule has 0 heterocycles. The topological polar surface area (TPSA) is 34.1 Å². The van der Waals surface area contributed by atoms with Crippen LogP contribution in [0.15, 0.2) is 48.5 Å². The summed E-state index contributed by atoms with van der Waals surface area (Å²) in [6, 6.07) is 15.3. The first-order valence-corrected chi connectivity index (χ1v) is 8.04. The second-order valence-corrected chi connectivity index (χ2v) is 6.47. The van der Waals surface area contributed by atoms with E-state index in [4.69, 9.17) is 0 Å². The molecule has 3 heteroatoms. The molecule has 0 saturated heterocycles. The zero-order valence-electron chi connectivity index (χ0n) is 11.8. The first kappa shape index (κ1) is 14.7. The minimum Gasteiger partial charge on any atom is -0.293 e. The van der Waals surface area contributed by atoms with Crippen LogP contribution in [0.25, 0.3) is 0 Å². The minimum absolute atomic E-state index is 0.0558. The van der Waals surface area contributed by atoms with Crippen LogP contribution >= 0.6 is 0 Å². The van der Waals surface area contributed by atoms with E-state index in [0.29, 0.717) is 11.3 Å². The third-order valence-corrected chi connectivity index (χ3v) is 4.28. The lowest BCUT2D eigenvalue weighted by Gasteiger charge is -2.04. The van der Waals surface area contributed by atoms with Crippen LogP contribution in [0, 0.1) is 13.8 Å². The third kappa shape index (κ3) is 4.14. The summed E-state index contributed by atoms with van der Waals surface area (Å²) in [6.45, 7) is 3.95. The van der Waals surface area contributed by atoms with Crippen molar-refractivity contribution in [3.05, 3.63) is 70.8 Å². The van der Waals surface area contributed by atoms with Gasteiger partial charge in [-0.3, -0.25) is 9.00 Å². The number of hydrogen-bond donors (Lipinski definition) is 0. The van der Waals surface area contributed by atoms with E-state index in [9.17, 15) is 9.00 Å². The van der Waals surface area contributed by atoms with Crippen molar-refractivity contribution in [2.75, 3.05) is 5.75 Å². The highest BCUT2D eigenvalue weighted by atomic mass is 32.2. The summed E-state index contributed by atoms with van der Waals surface area (Å²) >= 11 is 0. The van der Waals surface area contributed by atoms with E-state index >= 15 is 0 Å². The van der Waals surface area contributed by atoms with Crippen molar-refractivity contribution in [2.45, 2.75) is 19.6 Å². The number of ketones is 1. The SMILES string of the molecule is Cc1cccc(CS(=O)CC(=O)c2cccc(C)c2)c1. The number of carbonyl (C=O) groups excluding carboxylic acids is 1.